The molecule has 6 nitrogen and oxygen atoms in total. The molecule has 2 aliphatic rings. The Hall–Kier alpha value is -0.943. The second-order valence-electron chi connectivity index (χ2n) is 9.58. The lowest BCUT2D eigenvalue weighted by Gasteiger charge is -2.37. The summed E-state index contributed by atoms with van der Waals surface area (Å²) in [5, 5.41) is 10.2. The Labute approximate surface area is 196 Å². The Balaban J connectivity index is 1.93. The highest BCUT2D eigenvalue weighted by molar-refractivity contribution is 9.10. The first-order chi connectivity index (χ1) is 14.4. The number of aliphatic imine (C=N–C) groups is 1. The lowest BCUT2D eigenvalue weighted by molar-refractivity contribution is 0.0701. The maximum atomic E-state index is 14.9. The van der Waals surface area contributed by atoms with Gasteiger partial charge in [0.25, 0.3) is 0 Å². The van der Waals surface area contributed by atoms with E-state index < -0.39 is 19.7 Å². The van der Waals surface area contributed by atoms with E-state index >= 15 is 0 Å². The Morgan fingerprint density at radius 1 is 1.45 bits per heavy atom. The third kappa shape index (κ3) is 5.35. The van der Waals surface area contributed by atoms with Gasteiger partial charge >= 0.3 is 6.09 Å². The van der Waals surface area contributed by atoms with E-state index in [9.17, 15) is 14.3 Å². The van der Waals surface area contributed by atoms with Gasteiger partial charge in [0.05, 0.1) is 16.9 Å². The van der Waals surface area contributed by atoms with Gasteiger partial charge in [0.2, 0.25) is 0 Å². The number of hydrogen-bond acceptors (Lipinski definition) is 5. The predicted molar refractivity (Wildman–Crippen MR) is 128 cm³/mol. The summed E-state index contributed by atoms with van der Waals surface area (Å²) in [6.07, 6.45) is -0.367. The van der Waals surface area contributed by atoms with Crippen molar-refractivity contribution < 1.29 is 23.8 Å². The Bertz CT molecular complexity index is 883. The molecule has 0 spiro atoms. The van der Waals surface area contributed by atoms with E-state index in [4.69, 9.17) is 14.5 Å². The highest BCUT2D eigenvalue weighted by Crippen LogP contribution is 2.66. The van der Waals surface area contributed by atoms with Crippen LogP contribution in [0.3, 0.4) is 0 Å². The lowest BCUT2D eigenvalue weighted by atomic mass is 9.86. The smallest absolute Gasteiger partial charge is 0.415 e. The van der Waals surface area contributed by atoms with Crippen LogP contribution in [0.2, 0.25) is 25.7 Å². The van der Waals surface area contributed by atoms with Gasteiger partial charge < -0.3 is 14.6 Å². The highest BCUT2D eigenvalue weighted by atomic mass is 79.9. The zero-order valence-electron chi connectivity index (χ0n) is 18.6. The summed E-state index contributed by atoms with van der Waals surface area (Å²) in [4.78, 5) is 18.0. The van der Waals surface area contributed by atoms with Crippen LogP contribution in [0.1, 0.15) is 18.9 Å². The van der Waals surface area contributed by atoms with Crippen LogP contribution in [0.25, 0.3) is 0 Å². The average molecular weight is 534 g/mol. The minimum Gasteiger partial charge on any atom is -0.465 e. The van der Waals surface area contributed by atoms with Crippen molar-refractivity contribution in [3.8, 4) is 0 Å². The number of carbonyl (C=O) groups is 1. The highest BCUT2D eigenvalue weighted by Gasteiger charge is 2.67. The van der Waals surface area contributed by atoms with Gasteiger partial charge in [-0.25, -0.2) is 14.1 Å². The van der Waals surface area contributed by atoms with Crippen LogP contribution >= 0.6 is 27.7 Å². The zero-order chi connectivity index (χ0) is 23.0. The minimum atomic E-state index is -1.29. The molecule has 1 aliphatic carbocycles. The number of rotatable bonds is 8. The monoisotopic (exact) mass is 532 g/mol. The number of fused-ring (bicyclic) bond motifs is 1. The predicted octanol–water partition coefficient (Wildman–Crippen LogP) is 5.60. The molecular formula is C21H30BrFN2O4SSi. The van der Waals surface area contributed by atoms with E-state index in [1.54, 1.807) is 19.2 Å². The number of benzene rings is 1. The van der Waals surface area contributed by atoms with Crippen LogP contribution in [0.5, 0.6) is 0 Å². The van der Waals surface area contributed by atoms with Gasteiger partial charge in [-0.15, -0.1) is 0 Å². The van der Waals surface area contributed by atoms with Gasteiger partial charge in [0.15, 0.2) is 5.17 Å². The molecule has 0 saturated heterocycles. The Kier molecular flexibility index (Phi) is 7.27. The number of amidine groups is 1. The van der Waals surface area contributed by atoms with Crippen molar-refractivity contribution in [3.05, 3.63) is 34.1 Å². The average Bonchev–Trinajstić information content (AvgIpc) is 3.38. The second-order valence-corrected chi connectivity index (χ2v) is 17.5. The molecule has 1 amide bonds. The molecule has 3 rings (SSSR count). The van der Waals surface area contributed by atoms with E-state index in [1.165, 1.54) is 17.8 Å². The number of ether oxygens (including phenoxy) is 2. The molecular weight excluding hydrogens is 503 g/mol. The van der Waals surface area contributed by atoms with Crippen molar-refractivity contribution >= 4 is 47.0 Å². The SMILES string of the molecule is COC[C@]12CC1[C@@](C)(c1cc(Br)ccc1F)N=C(N(COCC[Si](C)(C)C)C(=O)O)S2. The van der Waals surface area contributed by atoms with Gasteiger partial charge in [0.1, 0.15) is 12.5 Å². The molecule has 3 atom stereocenters. The van der Waals surface area contributed by atoms with Crippen molar-refractivity contribution in [1.82, 2.24) is 4.90 Å². The number of nitrogens with zero attached hydrogens (tertiary/aromatic N) is 2. The first kappa shape index (κ1) is 24.7. The Morgan fingerprint density at radius 2 is 2.16 bits per heavy atom. The van der Waals surface area contributed by atoms with Crippen molar-refractivity contribution in [1.29, 1.82) is 0 Å². The van der Waals surface area contributed by atoms with Gasteiger partial charge in [-0.1, -0.05) is 47.3 Å². The molecule has 1 unspecified atom stereocenters. The summed E-state index contributed by atoms with van der Waals surface area (Å²) < 4.78 is 26.5. The molecule has 31 heavy (non-hydrogen) atoms. The molecule has 10 heteroatoms. The molecule has 1 saturated carbocycles. The fraction of sp³-hybridized carbons (Fsp3) is 0.619. The number of amides is 1. The molecule has 1 aromatic carbocycles. The van der Waals surface area contributed by atoms with Crippen molar-refractivity contribution in [2.24, 2.45) is 10.9 Å². The largest absolute Gasteiger partial charge is 0.465 e. The standard InChI is InChI=1S/C21H30BrFN2O4SSi/c1-20(15-10-14(22)6-7-16(15)23)17-11-21(17,12-28-2)30-18(24-20)25(19(26)27)13-29-8-9-31(3,4)5/h6-7,10,17H,8-9,11-13H2,1-5H3,(H,26,27)/t17?,20-,21-/m1/s1. The summed E-state index contributed by atoms with van der Waals surface area (Å²) in [5.41, 5.74) is -0.452. The first-order valence-corrected chi connectivity index (χ1v) is 15.5. The number of thioether (sulfide) groups is 1. The van der Waals surface area contributed by atoms with E-state index in [1.807, 2.05) is 6.92 Å². The number of hydrogen-bond donors (Lipinski definition) is 1. The second kappa shape index (κ2) is 9.13. The Morgan fingerprint density at radius 3 is 2.77 bits per heavy atom. The van der Waals surface area contributed by atoms with Gasteiger partial charge in [-0.05, 0) is 37.6 Å². The third-order valence-electron chi connectivity index (χ3n) is 5.87. The number of halogens is 2. The van der Waals surface area contributed by atoms with E-state index in [0.29, 0.717) is 23.9 Å². The maximum absolute atomic E-state index is 14.9. The normalized spacial score (nSPS) is 27.5. The third-order valence-corrected chi connectivity index (χ3v) is 9.53. The first-order valence-electron chi connectivity index (χ1n) is 10.2. The quantitative estimate of drug-likeness (QED) is 0.268. The van der Waals surface area contributed by atoms with Crippen molar-refractivity contribution in [2.75, 3.05) is 27.1 Å². The minimum absolute atomic E-state index is 0.0425. The van der Waals surface area contributed by atoms with Crippen LogP contribution in [0.4, 0.5) is 9.18 Å². The molecule has 0 bridgehead atoms. The van der Waals surface area contributed by atoms with E-state index in [2.05, 4.69) is 35.6 Å². The summed E-state index contributed by atoms with van der Waals surface area (Å²) in [6, 6.07) is 5.74. The topological polar surface area (TPSA) is 71.4 Å². The van der Waals surface area contributed by atoms with Crippen LogP contribution < -0.4 is 0 Å². The molecule has 0 aromatic heterocycles. The van der Waals surface area contributed by atoms with Gasteiger partial charge in [0, 0.05) is 37.7 Å². The summed E-state index contributed by atoms with van der Waals surface area (Å²) in [5.74, 6) is -0.312. The van der Waals surface area contributed by atoms with Crippen LogP contribution in [-0.2, 0) is 15.0 Å². The number of methoxy groups -OCH3 is 1. The fourth-order valence-electron chi connectivity index (χ4n) is 4.00. The van der Waals surface area contributed by atoms with Crippen LogP contribution in [0, 0.1) is 11.7 Å². The van der Waals surface area contributed by atoms with Crippen LogP contribution in [0.15, 0.2) is 27.7 Å². The van der Waals surface area contributed by atoms with Crippen molar-refractivity contribution in [2.45, 2.75) is 49.3 Å². The van der Waals surface area contributed by atoms with Crippen molar-refractivity contribution in [3.63, 3.8) is 0 Å². The summed E-state index contributed by atoms with van der Waals surface area (Å²) in [6.45, 7) is 9.45. The molecule has 1 aromatic rings. The summed E-state index contributed by atoms with van der Waals surface area (Å²) in [7, 11) is 0.336. The zero-order valence-corrected chi connectivity index (χ0v) is 22.0. The maximum Gasteiger partial charge on any atom is 0.415 e. The molecule has 1 aliphatic heterocycles. The fourth-order valence-corrected chi connectivity index (χ4v) is 6.76. The lowest BCUT2D eigenvalue weighted by Crippen LogP contribution is -2.44. The molecule has 0 radical (unpaired) electrons. The summed E-state index contributed by atoms with van der Waals surface area (Å²) >= 11 is 4.83. The van der Waals surface area contributed by atoms with E-state index in [0.717, 1.165) is 21.8 Å². The number of carboxylic acid groups (broad SMARTS) is 1. The van der Waals surface area contributed by atoms with E-state index in [-0.39, 0.29) is 23.2 Å². The van der Waals surface area contributed by atoms with Gasteiger partial charge in [-0.2, -0.15) is 0 Å². The molecule has 1 fully saturated rings. The molecule has 172 valence electrons. The van der Waals surface area contributed by atoms with Crippen LogP contribution in [-0.4, -0.2) is 61.1 Å². The molecule has 1 N–H and O–H groups in total. The van der Waals surface area contributed by atoms with Gasteiger partial charge in [-0.3, -0.25) is 4.99 Å². The molecule has 1 heterocycles.